The van der Waals surface area contributed by atoms with Crippen LogP contribution in [0.25, 0.3) is 0 Å². The monoisotopic (exact) mass is 367 g/mol. The Morgan fingerprint density at radius 2 is 1.92 bits per heavy atom. The van der Waals surface area contributed by atoms with Crippen molar-refractivity contribution in [2.24, 2.45) is 5.92 Å². The van der Waals surface area contributed by atoms with E-state index in [1.807, 2.05) is 6.92 Å². The van der Waals surface area contributed by atoms with Gasteiger partial charge in [0, 0.05) is 12.5 Å². The molecule has 1 unspecified atom stereocenters. The number of nitrogens with zero attached hydrogens (tertiary/aromatic N) is 1. The van der Waals surface area contributed by atoms with Gasteiger partial charge in [0.15, 0.2) is 5.76 Å². The number of aryl methyl sites for hydroxylation is 1. The average molecular weight is 367 g/mol. The van der Waals surface area contributed by atoms with Crippen LogP contribution in [-0.4, -0.2) is 31.3 Å². The lowest BCUT2D eigenvalue weighted by Gasteiger charge is -2.11. The minimum atomic E-state index is -3.84. The minimum Gasteiger partial charge on any atom is -0.481 e. The smallest absolute Gasteiger partial charge is 0.314 e. The maximum absolute atomic E-state index is 12.1. The minimum absolute atomic E-state index is 0.0877. The molecular formula is C17H21NO6S. The molecule has 0 spiro atoms. The Balaban J connectivity index is 1.98. The molecule has 7 nitrogen and oxygen atoms in total. The van der Waals surface area contributed by atoms with E-state index in [2.05, 4.69) is 5.16 Å². The number of aromatic nitrogens is 1. The van der Waals surface area contributed by atoms with Crippen molar-refractivity contribution in [3.05, 3.63) is 47.3 Å². The highest BCUT2D eigenvalue weighted by atomic mass is 32.2. The molecule has 2 aromatic rings. The molecule has 0 fully saturated rings. The third-order valence-electron chi connectivity index (χ3n) is 3.72. The molecule has 1 heterocycles. The molecule has 0 radical (unpaired) electrons. The van der Waals surface area contributed by atoms with Gasteiger partial charge in [-0.3, -0.25) is 8.98 Å². The number of aliphatic carboxylic acids is 1. The maximum Gasteiger partial charge on any atom is 0.314 e. The van der Waals surface area contributed by atoms with E-state index in [1.165, 1.54) is 18.2 Å². The number of carbonyl (C=O) groups is 1. The first kappa shape index (κ1) is 19.1. The molecule has 25 heavy (non-hydrogen) atoms. The largest absolute Gasteiger partial charge is 0.481 e. The molecule has 136 valence electrons. The Kier molecular flexibility index (Phi) is 5.97. The quantitative estimate of drug-likeness (QED) is 0.715. The first-order valence-electron chi connectivity index (χ1n) is 7.85. The molecule has 0 saturated heterocycles. The molecule has 1 aromatic carbocycles. The maximum atomic E-state index is 12.1. The van der Waals surface area contributed by atoms with Crippen molar-refractivity contribution in [1.82, 2.24) is 5.16 Å². The van der Waals surface area contributed by atoms with E-state index in [0.717, 1.165) is 5.56 Å². The van der Waals surface area contributed by atoms with Crippen LogP contribution < -0.4 is 0 Å². The summed E-state index contributed by atoms with van der Waals surface area (Å²) in [5, 5.41) is 13.0. The van der Waals surface area contributed by atoms with E-state index in [9.17, 15) is 18.3 Å². The van der Waals surface area contributed by atoms with E-state index in [4.69, 9.17) is 8.71 Å². The van der Waals surface area contributed by atoms with Gasteiger partial charge in [-0.05, 0) is 25.0 Å². The average Bonchev–Trinajstić information content (AvgIpc) is 2.95. The first-order valence-corrected chi connectivity index (χ1v) is 9.26. The Labute approximate surface area is 146 Å². The van der Waals surface area contributed by atoms with Gasteiger partial charge in [0.2, 0.25) is 0 Å². The van der Waals surface area contributed by atoms with Crippen LogP contribution >= 0.6 is 0 Å². The van der Waals surface area contributed by atoms with Gasteiger partial charge in [-0.25, -0.2) is 0 Å². The summed E-state index contributed by atoms with van der Waals surface area (Å²) >= 11 is 0. The summed E-state index contributed by atoms with van der Waals surface area (Å²) in [6, 6.07) is 7.88. The normalized spacial score (nSPS) is 13.1. The van der Waals surface area contributed by atoms with Crippen molar-refractivity contribution in [2.75, 3.05) is 6.61 Å². The molecule has 0 bridgehead atoms. The summed E-state index contributed by atoms with van der Waals surface area (Å²) in [5.41, 5.74) is 1.40. The van der Waals surface area contributed by atoms with Gasteiger partial charge in [-0.2, -0.15) is 8.42 Å². The standard InChI is InChI=1S/C17H21NO6S/c1-11(2)16(17(19)20)15-10-13(18-24-15)8-9-23-25(21,22)14-6-4-12(3)5-7-14/h4-7,10-11,16H,8-9H2,1-3H3,(H,19,20). The van der Waals surface area contributed by atoms with Crippen molar-refractivity contribution in [3.63, 3.8) is 0 Å². The lowest BCUT2D eigenvalue weighted by atomic mass is 9.93. The predicted molar refractivity (Wildman–Crippen MR) is 89.7 cm³/mol. The van der Waals surface area contributed by atoms with Crippen molar-refractivity contribution in [2.45, 2.75) is 38.0 Å². The van der Waals surface area contributed by atoms with Crippen molar-refractivity contribution >= 4 is 16.1 Å². The molecular weight excluding hydrogens is 346 g/mol. The second kappa shape index (κ2) is 7.79. The van der Waals surface area contributed by atoms with Crippen molar-refractivity contribution in [3.8, 4) is 0 Å². The molecule has 2 rings (SSSR count). The number of hydrogen-bond donors (Lipinski definition) is 1. The van der Waals surface area contributed by atoms with E-state index in [-0.39, 0.29) is 29.6 Å². The second-order valence-electron chi connectivity index (χ2n) is 6.12. The zero-order valence-electron chi connectivity index (χ0n) is 14.3. The third kappa shape index (κ3) is 4.90. The Morgan fingerprint density at radius 3 is 2.48 bits per heavy atom. The molecule has 8 heteroatoms. The second-order valence-corrected chi connectivity index (χ2v) is 7.74. The summed E-state index contributed by atoms with van der Waals surface area (Å²) in [6.07, 6.45) is 0.193. The summed E-state index contributed by atoms with van der Waals surface area (Å²) in [5.74, 6) is -1.69. The van der Waals surface area contributed by atoms with Crippen LogP contribution in [0.4, 0.5) is 0 Å². The van der Waals surface area contributed by atoms with Gasteiger partial charge in [0.25, 0.3) is 10.1 Å². The third-order valence-corrected chi connectivity index (χ3v) is 5.05. The van der Waals surface area contributed by atoms with E-state index >= 15 is 0 Å². The lowest BCUT2D eigenvalue weighted by Crippen LogP contribution is -2.16. The van der Waals surface area contributed by atoms with Crippen LogP contribution in [0.15, 0.2) is 39.8 Å². The van der Waals surface area contributed by atoms with Crippen LogP contribution in [-0.2, 0) is 25.5 Å². The topological polar surface area (TPSA) is 107 Å². The molecule has 0 saturated carbocycles. The predicted octanol–water partition coefficient (Wildman–Crippen LogP) is 2.76. The van der Waals surface area contributed by atoms with Gasteiger partial charge in [-0.15, -0.1) is 0 Å². The summed E-state index contributed by atoms with van der Waals surface area (Å²) in [7, 11) is -3.84. The van der Waals surface area contributed by atoms with Gasteiger partial charge in [0.1, 0.15) is 5.92 Å². The van der Waals surface area contributed by atoms with E-state index in [1.54, 1.807) is 26.0 Å². The van der Waals surface area contributed by atoms with Crippen molar-refractivity contribution in [1.29, 1.82) is 0 Å². The van der Waals surface area contributed by atoms with Crippen LogP contribution in [0.2, 0.25) is 0 Å². The highest BCUT2D eigenvalue weighted by molar-refractivity contribution is 7.86. The fourth-order valence-corrected chi connectivity index (χ4v) is 3.27. The van der Waals surface area contributed by atoms with Crippen molar-refractivity contribution < 1.29 is 27.0 Å². The molecule has 0 aliphatic rings. The Hall–Kier alpha value is -2.19. The van der Waals surface area contributed by atoms with E-state index < -0.39 is 22.0 Å². The van der Waals surface area contributed by atoms with Gasteiger partial charge >= 0.3 is 5.97 Å². The number of carboxylic acid groups (broad SMARTS) is 1. The fraction of sp³-hybridized carbons (Fsp3) is 0.412. The summed E-state index contributed by atoms with van der Waals surface area (Å²) in [4.78, 5) is 11.4. The zero-order chi connectivity index (χ0) is 18.6. The van der Waals surface area contributed by atoms with E-state index in [0.29, 0.717) is 5.69 Å². The molecule has 1 aromatic heterocycles. The summed E-state index contributed by atoms with van der Waals surface area (Å²) < 4.78 is 34.3. The fourth-order valence-electron chi connectivity index (χ4n) is 2.36. The van der Waals surface area contributed by atoms with Crippen LogP contribution in [0.1, 0.15) is 36.8 Å². The molecule has 1 N–H and O–H groups in total. The first-order chi connectivity index (χ1) is 11.7. The number of rotatable bonds is 8. The number of hydrogen-bond acceptors (Lipinski definition) is 6. The van der Waals surface area contributed by atoms with Gasteiger partial charge in [-0.1, -0.05) is 36.7 Å². The Morgan fingerprint density at radius 1 is 1.28 bits per heavy atom. The van der Waals surface area contributed by atoms with Gasteiger partial charge in [0.05, 0.1) is 17.2 Å². The SMILES string of the molecule is Cc1ccc(S(=O)(=O)OCCc2cc(C(C(=O)O)C(C)C)on2)cc1. The van der Waals surface area contributed by atoms with Crippen LogP contribution in [0, 0.1) is 12.8 Å². The molecule has 0 aliphatic heterocycles. The molecule has 0 aliphatic carbocycles. The van der Waals surface area contributed by atoms with Crippen LogP contribution in [0.3, 0.4) is 0 Å². The highest BCUT2D eigenvalue weighted by Gasteiger charge is 2.28. The zero-order valence-corrected chi connectivity index (χ0v) is 15.1. The van der Waals surface area contributed by atoms with Gasteiger partial charge < -0.3 is 9.63 Å². The highest BCUT2D eigenvalue weighted by Crippen LogP contribution is 2.25. The number of carboxylic acids is 1. The Bertz CT molecular complexity index is 823. The number of benzene rings is 1. The molecule has 1 atom stereocenters. The summed E-state index contributed by atoms with van der Waals surface area (Å²) in [6.45, 7) is 5.30. The van der Waals surface area contributed by atoms with Crippen LogP contribution in [0.5, 0.6) is 0 Å². The molecule has 0 amide bonds. The lowest BCUT2D eigenvalue weighted by molar-refractivity contribution is -0.140.